The van der Waals surface area contributed by atoms with Crippen molar-refractivity contribution in [3.8, 4) is 0 Å². The molecule has 0 aromatic heterocycles. The normalized spacial score (nSPS) is 12.5. The Morgan fingerprint density at radius 3 is 2.19 bits per heavy atom. The van der Waals surface area contributed by atoms with Gasteiger partial charge >= 0.3 is 0 Å². The van der Waals surface area contributed by atoms with Crippen molar-refractivity contribution >= 4 is 30.1 Å². The van der Waals surface area contributed by atoms with Gasteiger partial charge in [0.05, 0.1) is 12.6 Å². The highest BCUT2D eigenvalue weighted by molar-refractivity contribution is 5.91. The molecule has 1 aromatic carbocycles. The van der Waals surface area contributed by atoms with Crippen molar-refractivity contribution in [3.63, 3.8) is 0 Å². The van der Waals surface area contributed by atoms with E-state index in [1.807, 2.05) is 44.2 Å². The molecule has 0 bridgehead atoms. The number of carbonyl (C=O) groups excluding carboxylic acids is 3. The van der Waals surface area contributed by atoms with E-state index >= 15 is 0 Å². The SMILES string of the molecule is CC(C)[C@H](N)C(=O)NCC(=O)NC(Cc1ccccc1)C(=O)N(C)C.Cl. The topological polar surface area (TPSA) is 105 Å². The summed E-state index contributed by atoms with van der Waals surface area (Å²) in [6.07, 6.45) is 0.378. The van der Waals surface area contributed by atoms with Crippen LogP contribution in [-0.2, 0) is 20.8 Å². The molecule has 1 rings (SSSR count). The summed E-state index contributed by atoms with van der Waals surface area (Å²) in [4.78, 5) is 37.7. The van der Waals surface area contributed by atoms with Crippen LogP contribution in [0.1, 0.15) is 19.4 Å². The summed E-state index contributed by atoms with van der Waals surface area (Å²) in [5, 5.41) is 5.18. The largest absolute Gasteiger partial charge is 0.347 e. The molecule has 7 nitrogen and oxygen atoms in total. The summed E-state index contributed by atoms with van der Waals surface area (Å²) in [5.41, 5.74) is 6.67. The van der Waals surface area contributed by atoms with Gasteiger partial charge in [-0.25, -0.2) is 0 Å². The molecule has 1 unspecified atom stereocenters. The van der Waals surface area contributed by atoms with E-state index in [1.165, 1.54) is 4.90 Å². The number of amides is 3. The summed E-state index contributed by atoms with van der Waals surface area (Å²) in [5.74, 6) is -1.05. The van der Waals surface area contributed by atoms with Crippen LogP contribution in [0.25, 0.3) is 0 Å². The highest BCUT2D eigenvalue weighted by Crippen LogP contribution is 2.05. The molecule has 0 radical (unpaired) electrons. The second-order valence-corrected chi connectivity index (χ2v) is 6.53. The summed E-state index contributed by atoms with van der Waals surface area (Å²) in [6, 6.07) is 8.07. The first kappa shape index (κ1) is 23.9. The minimum Gasteiger partial charge on any atom is -0.347 e. The maximum absolute atomic E-state index is 12.3. The molecule has 0 aliphatic rings. The Morgan fingerprint density at radius 1 is 1.12 bits per heavy atom. The second-order valence-electron chi connectivity index (χ2n) is 6.53. The second kappa shape index (κ2) is 11.5. The van der Waals surface area contributed by atoms with E-state index in [4.69, 9.17) is 5.73 Å². The van der Waals surface area contributed by atoms with Gasteiger partial charge in [-0.2, -0.15) is 0 Å². The van der Waals surface area contributed by atoms with Gasteiger partial charge in [0, 0.05) is 20.5 Å². The van der Waals surface area contributed by atoms with Crippen molar-refractivity contribution in [2.75, 3.05) is 20.6 Å². The van der Waals surface area contributed by atoms with Crippen LogP contribution in [0.5, 0.6) is 0 Å². The molecule has 0 aliphatic heterocycles. The fourth-order valence-electron chi connectivity index (χ4n) is 2.19. The molecule has 2 atom stereocenters. The zero-order chi connectivity index (χ0) is 19.0. The molecular weight excluding hydrogens is 356 g/mol. The highest BCUT2D eigenvalue weighted by atomic mass is 35.5. The van der Waals surface area contributed by atoms with E-state index in [0.717, 1.165) is 5.56 Å². The number of hydrogen-bond acceptors (Lipinski definition) is 4. The quantitative estimate of drug-likeness (QED) is 0.600. The Bertz CT molecular complexity index is 593. The first-order valence-corrected chi connectivity index (χ1v) is 8.30. The first-order chi connectivity index (χ1) is 11.7. The van der Waals surface area contributed by atoms with Crippen molar-refractivity contribution in [2.45, 2.75) is 32.4 Å². The zero-order valence-electron chi connectivity index (χ0n) is 15.7. The van der Waals surface area contributed by atoms with Crippen molar-refractivity contribution < 1.29 is 14.4 Å². The third-order valence-electron chi connectivity index (χ3n) is 3.80. The summed E-state index contributed by atoms with van der Waals surface area (Å²) in [6.45, 7) is 3.44. The number of hydrogen-bond donors (Lipinski definition) is 3. The van der Waals surface area contributed by atoms with E-state index in [2.05, 4.69) is 10.6 Å². The minimum absolute atomic E-state index is 0. The molecule has 3 amide bonds. The number of nitrogens with one attached hydrogen (secondary N) is 2. The third-order valence-corrected chi connectivity index (χ3v) is 3.80. The molecule has 8 heteroatoms. The Morgan fingerprint density at radius 2 is 1.69 bits per heavy atom. The highest BCUT2D eigenvalue weighted by Gasteiger charge is 2.23. The minimum atomic E-state index is -0.694. The van der Waals surface area contributed by atoms with E-state index < -0.39 is 18.0 Å². The number of likely N-dealkylation sites (N-methyl/N-ethyl adjacent to an activating group) is 1. The van der Waals surface area contributed by atoms with Gasteiger partial charge < -0.3 is 21.3 Å². The van der Waals surface area contributed by atoms with Crippen LogP contribution >= 0.6 is 12.4 Å². The lowest BCUT2D eigenvalue weighted by Crippen LogP contribution is -2.52. The molecule has 0 fully saturated rings. The molecule has 26 heavy (non-hydrogen) atoms. The van der Waals surface area contributed by atoms with E-state index in [1.54, 1.807) is 14.1 Å². The number of carbonyl (C=O) groups is 3. The van der Waals surface area contributed by atoms with Gasteiger partial charge in [-0.15, -0.1) is 12.4 Å². The molecule has 0 heterocycles. The molecule has 0 saturated carbocycles. The van der Waals surface area contributed by atoms with E-state index in [-0.39, 0.29) is 36.7 Å². The predicted molar refractivity (Wildman–Crippen MR) is 104 cm³/mol. The molecule has 0 aliphatic carbocycles. The Kier molecular flexibility index (Phi) is 10.6. The Labute approximate surface area is 161 Å². The van der Waals surface area contributed by atoms with Crippen molar-refractivity contribution in [2.24, 2.45) is 11.7 Å². The van der Waals surface area contributed by atoms with Gasteiger partial charge in [0.15, 0.2) is 0 Å². The van der Waals surface area contributed by atoms with Crippen molar-refractivity contribution in [1.82, 2.24) is 15.5 Å². The first-order valence-electron chi connectivity index (χ1n) is 8.30. The van der Waals surface area contributed by atoms with E-state index in [9.17, 15) is 14.4 Å². The lowest BCUT2D eigenvalue weighted by molar-refractivity contribution is -0.134. The molecule has 4 N–H and O–H groups in total. The molecular formula is C18H29ClN4O3. The summed E-state index contributed by atoms with van der Waals surface area (Å²) in [7, 11) is 3.27. The molecule has 0 spiro atoms. The number of rotatable bonds is 8. The average molecular weight is 385 g/mol. The van der Waals surface area contributed by atoms with Crippen LogP contribution in [0.4, 0.5) is 0 Å². The van der Waals surface area contributed by atoms with Gasteiger partial charge in [0.2, 0.25) is 17.7 Å². The number of halogens is 1. The zero-order valence-corrected chi connectivity index (χ0v) is 16.5. The van der Waals surface area contributed by atoms with Crippen LogP contribution in [0, 0.1) is 5.92 Å². The molecule has 1 aromatic rings. The summed E-state index contributed by atoms with van der Waals surface area (Å²) < 4.78 is 0. The van der Waals surface area contributed by atoms with Gasteiger partial charge in [0.1, 0.15) is 6.04 Å². The summed E-state index contributed by atoms with van der Waals surface area (Å²) >= 11 is 0. The molecule has 0 saturated heterocycles. The smallest absolute Gasteiger partial charge is 0.244 e. The number of nitrogens with two attached hydrogens (primary N) is 1. The Balaban J connectivity index is 0.00000625. The van der Waals surface area contributed by atoms with Gasteiger partial charge in [-0.1, -0.05) is 44.2 Å². The lowest BCUT2D eigenvalue weighted by Gasteiger charge is -2.22. The van der Waals surface area contributed by atoms with E-state index in [0.29, 0.717) is 6.42 Å². The monoisotopic (exact) mass is 384 g/mol. The van der Waals surface area contributed by atoms with Gasteiger partial charge in [-0.3, -0.25) is 14.4 Å². The van der Waals surface area contributed by atoms with Crippen molar-refractivity contribution in [3.05, 3.63) is 35.9 Å². The number of nitrogens with zero attached hydrogens (tertiary/aromatic N) is 1. The van der Waals surface area contributed by atoms with Crippen molar-refractivity contribution in [1.29, 1.82) is 0 Å². The van der Waals surface area contributed by atoms with Crippen LogP contribution in [0.15, 0.2) is 30.3 Å². The maximum atomic E-state index is 12.3. The fourth-order valence-corrected chi connectivity index (χ4v) is 2.19. The van der Waals surface area contributed by atoms with Gasteiger partial charge in [0.25, 0.3) is 0 Å². The predicted octanol–water partition coefficient (Wildman–Crippen LogP) is 0.323. The lowest BCUT2D eigenvalue weighted by atomic mass is 10.0. The van der Waals surface area contributed by atoms with Crippen LogP contribution in [-0.4, -0.2) is 55.3 Å². The molecule has 146 valence electrons. The van der Waals surface area contributed by atoms with Crippen LogP contribution < -0.4 is 16.4 Å². The third kappa shape index (κ3) is 7.84. The Hall–Kier alpha value is -2.12. The standard InChI is InChI=1S/C18H28N4O3.ClH/c1-12(2)16(19)17(24)20-11-15(23)21-14(18(25)22(3)4)10-13-8-6-5-7-9-13;/h5-9,12,14,16H,10-11,19H2,1-4H3,(H,20,24)(H,21,23);1H/t14?,16-;/m0./s1. The van der Waals surface area contributed by atoms with Crippen LogP contribution in [0.2, 0.25) is 0 Å². The van der Waals surface area contributed by atoms with Gasteiger partial charge in [-0.05, 0) is 11.5 Å². The van der Waals surface area contributed by atoms with Crippen LogP contribution in [0.3, 0.4) is 0 Å². The average Bonchev–Trinajstić information content (AvgIpc) is 2.58. The maximum Gasteiger partial charge on any atom is 0.244 e. The fraction of sp³-hybridized carbons (Fsp3) is 0.500. The number of benzene rings is 1.